The third kappa shape index (κ3) is 3.97. The molecule has 2 N–H and O–H groups in total. The zero-order chi connectivity index (χ0) is 20.4. The van der Waals surface area contributed by atoms with Gasteiger partial charge >= 0.3 is 4.87 Å². The molecule has 0 atom stereocenters. The summed E-state index contributed by atoms with van der Waals surface area (Å²) >= 11 is 1.01. The van der Waals surface area contributed by atoms with Gasteiger partial charge < -0.3 is 14.8 Å². The average Bonchev–Trinajstić information content (AvgIpc) is 3.07. The van der Waals surface area contributed by atoms with Crippen molar-refractivity contribution in [3.8, 4) is 11.5 Å². The number of nitrogens with zero attached hydrogens (tertiary/aromatic N) is 1. The Kier molecular flexibility index (Phi) is 5.01. The molecule has 7 nitrogen and oxygen atoms in total. The molecule has 1 aliphatic heterocycles. The Morgan fingerprint density at radius 1 is 1.03 bits per heavy atom. The number of hydrogen-bond donors (Lipinski definition) is 2. The lowest BCUT2D eigenvalue weighted by atomic mass is 10.1. The Balaban J connectivity index is 1.71. The van der Waals surface area contributed by atoms with Crippen LogP contribution < -0.4 is 30.2 Å². The Morgan fingerprint density at radius 3 is 2.48 bits per heavy atom. The maximum Gasteiger partial charge on any atom is 0.306 e. The molecule has 3 aromatic rings. The number of ether oxygens (including phenoxy) is 2. The van der Waals surface area contributed by atoms with Gasteiger partial charge in [0.15, 0.2) is 0 Å². The summed E-state index contributed by atoms with van der Waals surface area (Å²) in [6.07, 6.45) is 3.40. The average molecular weight is 407 g/mol. The van der Waals surface area contributed by atoms with Crippen LogP contribution >= 0.6 is 11.3 Å². The SMILES string of the molecule is COc1ccc(Nc2[nH]c(=O)sc2/C=C2/C=c3cc(OC)ccc3=NC2=O)cc1. The molecule has 0 saturated carbocycles. The number of amides is 1. The summed E-state index contributed by atoms with van der Waals surface area (Å²) in [5, 5.41) is 4.54. The van der Waals surface area contributed by atoms with E-state index in [1.165, 1.54) is 0 Å². The number of carbonyl (C=O) groups is 1. The number of thiazole rings is 1. The first-order chi connectivity index (χ1) is 14.1. The molecule has 0 spiro atoms. The highest BCUT2D eigenvalue weighted by molar-refractivity contribution is 7.10. The molecule has 146 valence electrons. The van der Waals surface area contributed by atoms with E-state index in [1.807, 2.05) is 30.3 Å². The monoisotopic (exact) mass is 407 g/mol. The standard InChI is InChI=1S/C21H17N3O4S/c1-27-15-5-3-14(4-6-15)22-19-18(29-21(26)24-19)11-13-9-12-10-16(28-2)7-8-17(12)23-20(13)25/h3-11,22H,1-2H3,(H,24,26)/b13-11-. The van der Waals surface area contributed by atoms with E-state index >= 15 is 0 Å². The van der Waals surface area contributed by atoms with Gasteiger partial charge in [-0.05, 0) is 54.6 Å². The maximum absolute atomic E-state index is 12.4. The molecule has 0 aliphatic carbocycles. The summed E-state index contributed by atoms with van der Waals surface area (Å²) in [5.41, 5.74) is 1.16. The van der Waals surface area contributed by atoms with Crippen LogP contribution in [0.3, 0.4) is 0 Å². The summed E-state index contributed by atoms with van der Waals surface area (Å²) in [4.78, 5) is 31.7. The first-order valence-corrected chi connectivity index (χ1v) is 9.52. The van der Waals surface area contributed by atoms with Crippen LogP contribution in [0.1, 0.15) is 4.88 Å². The molecule has 0 radical (unpaired) electrons. The fourth-order valence-corrected chi connectivity index (χ4v) is 3.62. The molecule has 0 saturated heterocycles. The number of nitrogens with one attached hydrogen (secondary N) is 2. The molecule has 29 heavy (non-hydrogen) atoms. The fourth-order valence-electron chi connectivity index (χ4n) is 2.88. The van der Waals surface area contributed by atoms with Crippen LogP contribution in [0.25, 0.3) is 12.2 Å². The van der Waals surface area contributed by atoms with Crippen molar-refractivity contribution < 1.29 is 14.3 Å². The van der Waals surface area contributed by atoms with Gasteiger partial charge in [0.25, 0.3) is 5.91 Å². The molecular weight excluding hydrogens is 390 g/mol. The molecule has 2 heterocycles. The highest BCUT2D eigenvalue weighted by Gasteiger charge is 2.14. The first-order valence-electron chi connectivity index (χ1n) is 8.70. The van der Waals surface area contributed by atoms with Crippen molar-refractivity contribution in [3.05, 3.63) is 73.2 Å². The molecule has 0 fully saturated rings. The summed E-state index contributed by atoms with van der Waals surface area (Å²) in [5.74, 6) is 1.56. The summed E-state index contributed by atoms with van der Waals surface area (Å²) in [7, 11) is 3.18. The van der Waals surface area contributed by atoms with E-state index in [2.05, 4.69) is 15.3 Å². The van der Waals surface area contributed by atoms with Crippen molar-refractivity contribution in [1.29, 1.82) is 0 Å². The number of benzene rings is 2. The van der Waals surface area contributed by atoms with Crippen LogP contribution in [0.5, 0.6) is 11.5 Å². The number of anilines is 2. The van der Waals surface area contributed by atoms with Gasteiger partial charge in [-0.1, -0.05) is 11.3 Å². The van der Waals surface area contributed by atoms with Crippen LogP contribution in [0.15, 0.2) is 57.8 Å². The second-order valence-corrected chi connectivity index (χ2v) is 7.21. The van der Waals surface area contributed by atoms with Crippen molar-refractivity contribution in [2.24, 2.45) is 4.99 Å². The molecule has 1 amide bonds. The zero-order valence-corrected chi connectivity index (χ0v) is 16.5. The van der Waals surface area contributed by atoms with E-state index < -0.39 is 0 Å². The zero-order valence-electron chi connectivity index (χ0n) is 15.7. The lowest BCUT2D eigenvalue weighted by Crippen LogP contribution is -2.30. The van der Waals surface area contributed by atoms with Crippen LogP contribution in [-0.4, -0.2) is 25.1 Å². The second kappa shape index (κ2) is 7.76. The Bertz CT molecular complexity index is 1290. The van der Waals surface area contributed by atoms with Crippen LogP contribution in [-0.2, 0) is 4.79 Å². The van der Waals surface area contributed by atoms with Crippen molar-refractivity contribution in [2.75, 3.05) is 19.5 Å². The Morgan fingerprint density at radius 2 is 1.76 bits per heavy atom. The quantitative estimate of drug-likeness (QED) is 0.633. The van der Waals surface area contributed by atoms with Gasteiger partial charge in [0, 0.05) is 16.5 Å². The summed E-state index contributed by atoms with van der Waals surface area (Å²) < 4.78 is 10.4. The van der Waals surface area contributed by atoms with Crippen molar-refractivity contribution >= 4 is 40.9 Å². The molecule has 2 aromatic carbocycles. The van der Waals surface area contributed by atoms with E-state index in [1.54, 1.807) is 38.5 Å². The summed E-state index contributed by atoms with van der Waals surface area (Å²) in [6, 6.07) is 12.6. The van der Waals surface area contributed by atoms with Crippen LogP contribution in [0, 0.1) is 0 Å². The Hall–Kier alpha value is -3.65. The number of aromatic nitrogens is 1. The van der Waals surface area contributed by atoms with Crippen LogP contribution in [0.4, 0.5) is 11.5 Å². The van der Waals surface area contributed by atoms with Crippen molar-refractivity contribution in [1.82, 2.24) is 4.98 Å². The van der Waals surface area contributed by atoms with Gasteiger partial charge in [0.05, 0.1) is 24.5 Å². The normalized spacial score (nSPS) is 14.0. The minimum atomic E-state index is -0.362. The number of H-pyrrole nitrogens is 1. The number of aromatic amines is 1. The highest BCUT2D eigenvalue weighted by Crippen LogP contribution is 2.25. The molecule has 0 bridgehead atoms. The molecule has 0 unspecified atom stereocenters. The van der Waals surface area contributed by atoms with E-state index in [4.69, 9.17) is 9.47 Å². The van der Waals surface area contributed by atoms with E-state index in [-0.39, 0.29) is 10.8 Å². The molecule has 4 rings (SSSR count). The summed E-state index contributed by atoms with van der Waals surface area (Å²) in [6.45, 7) is 0. The largest absolute Gasteiger partial charge is 0.497 e. The molecule has 1 aliphatic rings. The van der Waals surface area contributed by atoms with Gasteiger partial charge in [0.1, 0.15) is 17.3 Å². The maximum atomic E-state index is 12.4. The van der Waals surface area contributed by atoms with E-state index in [0.29, 0.717) is 27.4 Å². The lowest BCUT2D eigenvalue weighted by Gasteiger charge is -2.08. The van der Waals surface area contributed by atoms with Gasteiger partial charge in [-0.25, -0.2) is 4.99 Å². The smallest absolute Gasteiger partial charge is 0.306 e. The molecule has 1 aromatic heterocycles. The van der Waals surface area contributed by atoms with Gasteiger partial charge in [0.2, 0.25) is 0 Å². The van der Waals surface area contributed by atoms with Crippen LogP contribution in [0.2, 0.25) is 0 Å². The molecular formula is C21H17N3O4S. The van der Waals surface area contributed by atoms with E-state index in [0.717, 1.165) is 28.0 Å². The number of fused-ring (bicyclic) bond motifs is 1. The van der Waals surface area contributed by atoms with Crippen molar-refractivity contribution in [2.45, 2.75) is 0 Å². The number of hydrogen-bond acceptors (Lipinski definition) is 6. The van der Waals surface area contributed by atoms with Gasteiger partial charge in [-0.2, -0.15) is 0 Å². The minimum absolute atomic E-state index is 0.227. The third-order valence-corrected chi connectivity index (χ3v) is 5.17. The third-order valence-electron chi connectivity index (χ3n) is 4.34. The Labute approximate surface area is 169 Å². The molecule has 8 heteroatoms. The first kappa shape index (κ1) is 18.7. The van der Waals surface area contributed by atoms with E-state index in [9.17, 15) is 9.59 Å². The number of rotatable bonds is 5. The number of methoxy groups -OCH3 is 2. The van der Waals surface area contributed by atoms with Gasteiger partial charge in [-0.15, -0.1) is 0 Å². The van der Waals surface area contributed by atoms with Crippen molar-refractivity contribution in [3.63, 3.8) is 0 Å². The topological polar surface area (TPSA) is 92.8 Å². The predicted molar refractivity (Wildman–Crippen MR) is 112 cm³/mol. The lowest BCUT2D eigenvalue weighted by molar-refractivity contribution is -0.114. The second-order valence-electron chi connectivity index (χ2n) is 6.19. The number of carbonyl (C=O) groups excluding carboxylic acids is 1. The predicted octanol–water partition coefficient (Wildman–Crippen LogP) is 2.22. The minimum Gasteiger partial charge on any atom is -0.497 e. The fraction of sp³-hybridized carbons (Fsp3) is 0.0952. The highest BCUT2D eigenvalue weighted by atomic mass is 32.1. The van der Waals surface area contributed by atoms with Gasteiger partial charge in [-0.3, -0.25) is 14.6 Å².